The average Bonchev–Trinajstić information content (AvgIpc) is 2.69. The van der Waals surface area contributed by atoms with E-state index < -0.39 is 34.5 Å². The topological polar surface area (TPSA) is 113 Å². The molecular formula is C25H33FN4O3. The molecule has 1 aliphatic rings. The molecular weight excluding hydrogens is 423 g/mol. The van der Waals surface area contributed by atoms with Crippen LogP contribution in [0.3, 0.4) is 0 Å². The van der Waals surface area contributed by atoms with Gasteiger partial charge in [0.05, 0.1) is 5.56 Å². The highest BCUT2D eigenvalue weighted by Crippen LogP contribution is 2.51. The van der Waals surface area contributed by atoms with E-state index in [9.17, 15) is 14.3 Å². The van der Waals surface area contributed by atoms with Crippen molar-refractivity contribution in [2.24, 2.45) is 11.1 Å². The molecule has 1 atom stereocenters. The van der Waals surface area contributed by atoms with Crippen LogP contribution in [0.5, 0.6) is 0 Å². The van der Waals surface area contributed by atoms with Crippen LogP contribution >= 0.6 is 0 Å². The molecule has 0 aliphatic carbocycles. The first-order valence-corrected chi connectivity index (χ1v) is 11.0. The monoisotopic (exact) mass is 456 g/mol. The van der Waals surface area contributed by atoms with Crippen LogP contribution in [0.15, 0.2) is 36.5 Å². The zero-order chi connectivity index (χ0) is 24.8. The summed E-state index contributed by atoms with van der Waals surface area (Å²) in [5.74, 6) is -1.04. The van der Waals surface area contributed by atoms with Crippen molar-refractivity contribution < 1.29 is 19.0 Å². The number of nitrogens with two attached hydrogens (primary N) is 1. The van der Waals surface area contributed by atoms with E-state index in [1.165, 1.54) is 17.2 Å². The van der Waals surface area contributed by atoms with Crippen molar-refractivity contribution in [2.45, 2.75) is 58.7 Å². The number of carbonyl (C=O) groups excluding carboxylic acids is 1. The molecule has 0 spiro atoms. The molecule has 1 saturated heterocycles. The third-order valence-electron chi connectivity index (χ3n) is 6.15. The summed E-state index contributed by atoms with van der Waals surface area (Å²) in [5, 5.41) is 19.9. The van der Waals surface area contributed by atoms with Crippen LogP contribution < -0.4 is 5.73 Å². The van der Waals surface area contributed by atoms with Crippen molar-refractivity contribution in [3.63, 3.8) is 0 Å². The minimum Gasteiger partial charge on any atom is -0.444 e. The van der Waals surface area contributed by atoms with Crippen LogP contribution in [-0.4, -0.2) is 45.6 Å². The van der Waals surface area contributed by atoms with Gasteiger partial charge >= 0.3 is 6.09 Å². The van der Waals surface area contributed by atoms with Crippen molar-refractivity contribution >= 4 is 11.9 Å². The maximum Gasteiger partial charge on any atom is 0.410 e. The number of amides is 1. The second kappa shape index (κ2) is 8.41. The van der Waals surface area contributed by atoms with Crippen LogP contribution in [0.25, 0.3) is 0 Å². The Labute approximate surface area is 194 Å². The van der Waals surface area contributed by atoms with Gasteiger partial charge in [0.15, 0.2) is 0 Å². The normalized spacial score (nSPS) is 17.3. The number of amidine groups is 1. The maximum atomic E-state index is 14.2. The Morgan fingerprint density at radius 3 is 2.30 bits per heavy atom. The van der Waals surface area contributed by atoms with E-state index in [1.807, 2.05) is 31.2 Å². The Morgan fingerprint density at radius 2 is 1.82 bits per heavy atom. The molecule has 4 N–H and O–H groups in total. The second-order valence-corrected chi connectivity index (χ2v) is 10.4. The van der Waals surface area contributed by atoms with E-state index in [-0.39, 0.29) is 18.7 Å². The summed E-state index contributed by atoms with van der Waals surface area (Å²) in [7, 11) is 0. The molecule has 2 heterocycles. The molecule has 33 heavy (non-hydrogen) atoms. The Hall–Kier alpha value is -3.00. The zero-order valence-corrected chi connectivity index (χ0v) is 20.1. The highest BCUT2D eigenvalue weighted by atomic mass is 19.1. The molecule has 2 aromatic rings. The number of nitrogens with one attached hydrogen (secondary N) is 1. The molecule has 8 heteroatoms. The smallest absolute Gasteiger partial charge is 0.410 e. The Balaban J connectivity index is 2.06. The third kappa shape index (κ3) is 4.57. The quantitative estimate of drug-likeness (QED) is 0.356. The molecule has 178 valence electrons. The molecule has 1 aromatic carbocycles. The highest BCUT2D eigenvalue weighted by Gasteiger charge is 2.58. The lowest BCUT2D eigenvalue weighted by Crippen LogP contribution is -2.66. The summed E-state index contributed by atoms with van der Waals surface area (Å²) in [5.41, 5.74) is 4.28. The largest absolute Gasteiger partial charge is 0.444 e. The molecule has 7 nitrogen and oxygen atoms in total. The van der Waals surface area contributed by atoms with E-state index in [1.54, 1.807) is 20.8 Å². The molecule has 0 radical (unpaired) electrons. The lowest BCUT2D eigenvalue weighted by atomic mass is 9.62. The number of ether oxygens (including phenoxy) is 1. The average molecular weight is 457 g/mol. The molecule has 0 bridgehead atoms. The standard InChI is InChI=1S/C25H33FN4O3/c1-15(2)16-7-9-17(10-8-16)25(32,18-11-19(21(27)28)20(26)29-12-18)24(6)13-30(14-24)22(31)33-23(3,4)5/h7-12,15,32H,13-14H2,1-6H3,(H3,27,28)/t25-/m0/s1. The zero-order valence-electron chi connectivity index (χ0n) is 20.1. The summed E-state index contributed by atoms with van der Waals surface area (Å²) in [4.78, 5) is 17.8. The number of aliphatic hydroxyl groups is 1. The lowest BCUT2D eigenvalue weighted by Gasteiger charge is -2.56. The number of nitrogens with zero attached hydrogens (tertiary/aromatic N) is 2. The summed E-state index contributed by atoms with van der Waals surface area (Å²) >= 11 is 0. The summed E-state index contributed by atoms with van der Waals surface area (Å²) < 4.78 is 19.7. The Bertz CT molecular complexity index is 1060. The molecule has 1 fully saturated rings. The van der Waals surface area contributed by atoms with E-state index in [0.717, 1.165) is 5.56 Å². The molecule has 0 saturated carbocycles. The van der Waals surface area contributed by atoms with Crippen LogP contribution in [-0.2, 0) is 10.3 Å². The van der Waals surface area contributed by atoms with Gasteiger partial charge in [-0.1, -0.05) is 45.0 Å². The molecule has 1 amide bonds. The van der Waals surface area contributed by atoms with Crippen molar-refractivity contribution in [2.75, 3.05) is 13.1 Å². The number of aromatic nitrogens is 1. The third-order valence-corrected chi connectivity index (χ3v) is 6.15. The van der Waals surface area contributed by atoms with E-state index in [2.05, 4.69) is 18.8 Å². The van der Waals surface area contributed by atoms with Gasteiger partial charge in [0.2, 0.25) is 5.95 Å². The Morgan fingerprint density at radius 1 is 1.24 bits per heavy atom. The van der Waals surface area contributed by atoms with Gasteiger partial charge in [0, 0.05) is 30.3 Å². The summed E-state index contributed by atoms with van der Waals surface area (Å²) in [6, 6.07) is 8.94. The van der Waals surface area contributed by atoms with E-state index in [4.69, 9.17) is 15.9 Å². The van der Waals surface area contributed by atoms with Crippen molar-refractivity contribution in [1.82, 2.24) is 9.88 Å². The van der Waals surface area contributed by atoms with Gasteiger partial charge in [0.25, 0.3) is 0 Å². The van der Waals surface area contributed by atoms with Gasteiger partial charge in [-0.25, -0.2) is 9.78 Å². The number of hydrogen-bond donors (Lipinski definition) is 3. The van der Waals surface area contributed by atoms with Crippen LogP contribution in [0, 0.1) is 16.8 Å². The maximum absolute atomic E-state index is 14.2. The van der Waals surface area contributed by atoms with Crippen molar-refractivity contribution in [3.05, 3.63) is 64.7 Å². The number of benzene rings is 1. The first-order chi connectivity index (χ1) is 15.2. The summed E-state index contributed by atoms with van der Waals surface area (Å²) in [6.07, 6.45) is 0.804. The number of halogens is 1. The lowest BCUT2D eigenvalue weighted by molar-refractivity contribution is -0.131. The number of nitrogen functional groups attached to an aromatic ring is 1. The van der Waals surface area contributed by atoms with Gasteiger partial charge in [0.1, 0.15) is 17.0 Å². The summed E-state index contributed by atoms with van der Waals surface area (Å²) in [6.45, 7) is 11.8. The first-order valence-electron chi connectivity index (χ1n) is 11.0. The fraction of sp³-hybridized carbons (Fsp3) is 0.480. The molecule has 1 aromatic heterocycles. The highest BCUT2D eigenvalue weighted by molar-refractivity contribution is 5.95. The number of hydrogen-bond acceptors (Lipinski definition) is 5. The predicted molar refractivity (Wildman–Crippen MR) is 125 cm³/mol. The van der Waals surface area contributed by atoms with Crippen LogP contribution in [0.2, 0.25) is 0 Å². The van der Waals surface area contributed by atoms with Gasteiger partial charge in [-0.15, -0.1) is 0 Å². The fourth-order valence-electron chi connectivity index (χ4n) is 4.29. The second-order valence-electron chi connectivity index (χ2n) is 10.4. The van der Waals surface area contributed by atoms with Crippen molar-refractivity contribution in [3.8, 4) is 0 Å². The molecule has 0 unspecified atom stereocenters. The fourth-order valence-corrected chi connectivity index (χ4v) is 4.29. The van der Waals surface area contributed by atoms with Crippen LogP contribution in [0.4, 0.5) is 9.18 Å². The first kappa shape index (κ1) is 24.6. The predicted octanol–water partition coefficient (Wildman–Crippen LogP) is 4.12. The molecule has 3 rings (SSSR count). The van der Waals surface area contributed by atoms with Gasteiger partial charge in [-0.05, 0) is 43.9 Å². The number of carbonyl (C=O) groups is 1. The Kier molecular flexibility index (Phi) is 6.28. The van der Waals surface area contributed by atoms with E-state index >= 15 is 0 Å². The minimum absolute atomic E-state index is 0.184. The van der Waals surface area contributed by atoms with Gasteiger partial charge in [-0.2, -0.15) is 4.39 Å². The minimum atomic E-state index is -1.62. The van der Waals surface area contributed by atoms with Crippen molar-refractivity contribution in [1.29, 1.82) is 5.41 Å². The number of likely N-dealkylation sites (tertiary alicyclic amines) is 1. The molecule has 1 aliphatic heterocycles. The van der Waals surface area contributed by atoms with Gasteiger partial charge < -0.3 is 20.5 Å². The van der Waals surface area contributed by atoms with E-state index in [0.29, 0.717) is 17.0 Å². The SMILES string of the molecule is CC(C)c1ccc([C@](O)(c2cnc(F)c(C(=N)N)c2)C2(C)CN(C(=O)OC(C)(C)C)C2)cc1. The number of rotatable bonds is 5. The van der Waals surface area contributed by atoms with Gasteiger partial charge in [-0.3, -0.25) is 5.41 Å². The van der Waals surface area contributed by atoms with Crippen LogP contribution in [0.1, 0.15) is 69.7 Å². The number of pyridine rings is 1.